The predicted molar refractivity (Wildman–Crippen MR) is 62.8 cm³/mol. The molecule has 1 rings (SSSR count). The van der Waals surface area contributed by atoms with E-state index in [4.69, 9.17) is 5.73 Å². The number of hydrogen-bond donors (Lipinski definition) is 2. The third kappa shape index (κ3) is 2.80. The number of para-hydroxylation sites is 1. The molecule has 0 heterocycles. The summed E-state index contributed by atoms with van der Waals surface area (Å²) in [5, 5.41) is 2.91. The predicted octanol–water partition coefficient (Wildman–Crippen LogP) is 1.84. The van der Waals surface area contributed by atoms with Gasteiger partial charge in [-0.3, -0.25) is 4.79 Å². The van der Waals surface area contributed by atoms with E-state index in [9.17, 15) is 4.79 Å². The minimum Gasteiger partial charge on any atom is -0.330 e. The fourth-order valence-electron chi connectivity index (χ4n) is 1.37. The van der Waals surface area contributed by atoms with E-state index in [2.05, 4.69) is 5.32 Å². The number of amides is 1. The number of carbonyl (C=O) groups is 1. The lowest BCUT2D eigenvalue weighted by molar-refractivity contribution is -0.119. The molecular weight excluding hydrogens is 188 g/mol. The van der Waals surface area contributed by atoms with Crippen LogP contribution in [-0.2, 0) is 4.79 Å². The zero-order valence-electron chi connectivity index (χ0n) is 9.50. The smallest absolute Gasteiger partial charge is 0.228 e. The third-order valence-corrected chi connectivity index (χ3v) is 2.53. The maximum Gasteiger partial charge on any atom is 0.228 e. The second-order valence-electron chi connectivity index (χ2n) is 3.89. The number of nitrogens with two attached hydrogens (primary N) is 1. The second kappa shape index (κ2) is 4.94. The van der Waals surface area contributed by atoms with Crippen LogP contribution >= 0.6 is 0 Å². The number of nitrogens with one attached hydrogen (secondary N) is 1. The Morgan fingerprint density at radius 2 is 1.93 bits per heavy atom. The van der Waals surface area contributed by atoms with Gasteiger partial charge in [-0.05, 0) is 25.0 Å². The molecule has 0 aromatic heterocycles. The van der Waals surface area contributed by atoms with Gasteiger partial charge in [0.25, 0.3) is 0 Å². The second-order valence-corrected chi connectivity index (χ2v) is 3.89. The number of hydrogen-bond acceptors (Lipinski definition) is 2. The lowest BCUT2D eigenvalue weighted by atomic mass is 10.1. The molecule has 1 amide bonds. The molecule has 0 spiro atoms. The highest BCUT2D eigenvalue weighted by Gasteiger charge is 2.12. The van der Waals surface area contributed by atoms with E-state index < -0.39 is 0 Å². The van der Waals surface area contributed by atoms with Gasteiger partial charge in [0.15, 0.2) is 0 Å². The van der Waals surface area contributed by atoms with E-state index in [1.165, 1.54) is 0 Å². The van der Waals surface area contributed by atoms with E-state index in [1.807, 2.05) is 39.0 Å². The molecule has 0 saturated heterocycles. The van der Waals surface area contributed by atoms with Gasteiger partial charge in [0, 0.05) is 18.2 Å². The molecule has 3 heteroatoms. The first-order valence-electron chi connectivity index (χ1n) is 5.13. The van der Waals surface area contributed by atoms with Crippen molar-refractivity contribution in [3.63, 3.8) is 0 Å². The van der Waals surface area contributed by atoms with E-state index in [-0.39, 0.29) is 11.8 Å². The number of rotatable bonds is 3. The van der Waals surface area contributed by atoms with Crippen molar-refractivity contribution in [2.45, 2.75) is 20.8 Å². The molecule has 3 N–H and O–H groups in total. The Morgan fingerprint density at radius 3 is 2.40 bits per heavy atom. The van der Waals surface area contributed by atoms with Crippen LogP contribution in [0.1, 0.15) is 18.1 Å². The van der Waals surface area contributed by atoms with E-state index in [0.717, 1.165) is 16.8 Å². The van der Waals surface area contributed by atoms with Crippen LogP contribution in [0.25, 0.3) is 0 Å². The monoisotopic (exact) mass is 206 g/mol. The minimum atomic E-state index is -0.149. The van der Waals surface area contributed by atoms with Crippen LogP contribution < -0.4 is 11.1 Å². The highest BCUT2D eigenvalue weighted by molar-refractivity contribution is 5.93. The molecule has 0 aliphatic heterocycles. The first-order chi connectivity index (χ1) is 7.06. The average Bonchev–Trinajstić information content (AvgIpc) is 2.22. The van der Waals surface area contributed by atoms with E-state index in [0.29, 0.717) is 6.54 Å². The van der Waals surface area contributed by atoms with Gasteiger partial charge < -0.3 is 11.1 Å². The Hall–Kier alpha value is -1.35. The van der Waals surface area contributed by atoms with Crippen molar-refractivity contribution in [3.8, 4) is 0 Å². The molecule has 15 heavy (non-hydrogen) atoms. The Morgan fingerprint density at radius 1 is 1.40 bits per heavy atom. The van der Waals surface area contributed by atoms with Gasteiger partial charge in [-0.15, -0.1) is 0 Å². The molecule has 3 nitrogen and oxygen atoms in total. The van der Waals surface area contributed by atoms with E-state index >= 15 is 0 Å². The number of carbonyl (C=O) groups excluding carboxylic acids is 1. The molecule has 0 radical (unpaired) electrons. The number of anilines is 1. The van der Waals surface area contributed by atoms with Gasteiger partial charge in [-0.1, -0.05) is 25.1 Å². The van der Waals surface area contributed by atoms with Crippen LogP contribution in [0.3, 0.4) is 0 Å². The first-order valence-corrected chi connectivity index (χ1v) is 5.13. The van der Waals surface area contributed by atoms with Crippen LogP contribution in [0, 0.1) is 19.8 Å². The minimum absolute atomic E-state index is 0.0186. The van der Waals surface area contributed by atoms with Gasteiger partial charge in [-0.2, -0.15) is 0 Å². The topological polar surface area (TPSA) is 55.1 Å². The lowest BCUT2D eigenvalue weighted by Crippen LogP contribution is -2.27. The normalized spacial score (nSPS) is 12.3. The van der Waals surface area contributed by atoms with Crippen molar-refractivity contribution in [1.29, 1.82) is 0 Å². The van der Waals surface area contributed by atoms with Gasteiger partial charge in [0.2, 0.25) is 5.91 Å². The Bertz CT molecular complexity index is 340. The molecule has 1 aromatic carbocycles. The molecule has 0 fully saturated rings. The zero-order chi connectivity index (χ0) is 11.4. The summed E-state index contributed by atoms with van der Waals surface area (Å²) in [5.41, 5.74) is 8.50. The molecule has 0 aliphatic rings. The summed E-state index contributed by atoms with van der Waals surface area (Å²) in [5.74, 6) is -0.168. The van der Waals surface area contributed by atoms with Gasteiger partial charge in [0.1, 0.15) is 0 Å². The van der Waals surface area contributed by atoms with Crippen LogP contribution in [-0.4, -0.2) is 12.5 Å². The fraction of sp³-hybridized carbons (Fsp3) is 0.417. The van der Waals surface area contributed by atoms with E-state index in [1.54, 1.807) is 0 Å². The van der Waals surface area contributed by atoms with Crippen molar-refractivity contribution in [2.24, 2.45) is 11.7 Å². The van der Waals surface area contributed by atoms with Crippen LogP contribution in [0.15, 0.2) is 18.2 Å². The molecule has 82 valence electrons. The highest BCUT2D eigenvalue weighted by atomic mass is 16.1. The standard InChI is InChI=1S/C12H18N2O/c1-8-5-4-6-9(2)11(8)14-12(15)10(3)7-13/h4-6,10H,7,13H2,1-3H3,(H,14,15). The summed E-state index contributed by atoms with van der Waals surface area (Å²) in [6.45, 7) is 6.16. The Balaban J connectivity index is 2.85. The third-order valence-electron chi connectivity index (χ3n) is 2.53. The molecule has 0 aliphatic carbocycles. The van der Waals surface area contributed by atoms with Crippen LogP contribution in [0.4, 0.5) is 5.69 Å². The fourth-order valence-corrected chi connectivity index (χ4v) is 1.37. The van der Waals surface area contributed by atoms with Crippen molar-refractivity contribution < 1.29 is 4.79 Å². The average molecular weight is 206 g/mol. The van der Waals surface area contributed by atoms with Crippen molar-refractivity contribution in [3.05, 3.63) is 29.3 Å². The van der Waals surface area contributed by atoms with Crippen LogP contribution in [0.5, 0.6) is 0 Å². The first kappa shape index (κ1) is 11.7. The quantitative estimate of drug-likeness (QED) is 0.792. The Labute approximate surface area is 90.7 Å². The highest BCUT2D eigenvalue weighted by Crippen LogP contribution is 2.19. The van der Waals surface area contributed by atoms with Gasteiger partial charge in [0.05, 0.1) is 0 Å². The van der Waals surface area contributed by atoms with Crippen LogP contribution in [0.2, 0.25) is 0 Å². The maximum atomic E-state index is 11.7. The maximum absolute atomic E-state index is 11.7. The van der Waals surface area contributed by atoms with Crippen molar-refractivity contribution >= 4 is 11.6 Å². The summed E-state index contributed by atoms with van der Waals surface area (Å²) in [4.78, 5) is 11.7. The summed E-state index contributed by atoms with van der Waals surface area (Å²) >= 11 is 0. The molecule has 0 bridgehead atoms. The summed E-state index contributed by atoms with van der Waals surface area (Å²) in [7, 11) is 0. The molecule has 0 saturated carbocycles. The summed E-state index contributed by atoms with van der Waals surface area (Å²) < 4.78 is 0. The summed E-state index contributed by atoms with van der Waals surface area (Å²) in [6, 6.07) is 5.94. The number of aryl methyl sites for hydroxylation is 2. The van der Waals surface area contributed by atoms with Crippen molar-refractivity contribution in [2.75, 3.05) is 11.9 Å². The largest absolute Gasteiger partial charge is 0.330 e. The number of benzene rings is 1. The Kier molecular flexibility index (Phi) is 3.86. The summed E-state index contributed by atoms with van der Waals surface area (Å²) in [6.07, 6.45) is 0. The molecular formula is C12H18N2O. The van der Waals surface area contributed by atoms with Gasteiger partial charge >= 0.3 is 0 Å². The molecule has 1 atom stereocenters. The lowest BCUT2D eigenvalue weighted by Gasteiger charge is -2.14. The molecule has 1 aromatic rings. The zero-order valence-corrected chi connectivity index (χ0v) is 9.50. The SMILES string of the molecule is Cc1cccc(C)c1NC(=O)C(C)CN. The van der Waals surface area contributed by atoms with Crippen molar-refractivity contribution in [1.82, 2.24) is 0 Å². The van der Waals surface area contributed by atoms with Gasteiger partial charge in [-0.25, -0.2) is 0 Å². The molecule has 1 unspecified atom stereocenters.